The Kier molecular flexibility index (Phi) is 5.20. The number of nitrogens with one attached hydrogen (secondary N) is 2. The van der Waals surface area contributed by atoms with Gasteiger partial charge in [0.1, 0.15) is 0 Å². The van der Waals surface area contributed by atoms with E-state index >= 15 is 0 Å². The van der Waals surface area contributed by atoms with E-state index in [9.17, 15) is 31.2 Å². The van der Waals surface area contributed by atoms with Crippen LogP contribution in [0.15, 0.2) is 64.0 Å². The second kappa shape index (κ2) is 7.37. The molecule has 0 saturated heterocycles. The molecule has 156 valence electrons. The molecule has 6 N–H and O–H groups in total. The normalized spacial score (nSPS) is 14.0. The molecule has 2 aromatic rings. The second-order valence-corrected chi connectivity index (χ2v) is 9.31. The van der Waals surface area contributed by atoms with E-state index in [1.54, 1.807) is 4.72 Å². The van der Waals surface area contributed by atoms with Crippen molar-refractivity contribution in [3.05, 3.63) is 65.4 Å². The molecular formula is C17H14N4O7S2. The molecule has 0 aromatic heterocycles. The topological polar surface area (TPSA) is 196 Å². The highest BCUT2D eigenvalue weighted by atomic mass is 32.2. The summed E-state index contributed by atoms with van der Waals surface area (Å²) >= 11 is 0. The van der Waals surface area contributed by atoms with Crippen LogP contribution in [-0.2, 0) is 20.0 Å². The molecule has 1 aliphatic carbocycles. The van der Waals surface area contributed by atoms with Crippen molar-refractivity contribution in [1.82, 2.24) is 4.72 Å². The number of carbonyl (C=O) groups is 3. The number of nitrogens with two attached hydrogens (primary N) is 2. The summed E-state index contributed by atoms with van der Waals surface area (Å²) in [7, 11) is -8.37. The first-order valence-corrected chi connectivity index (χ1v) is 11.1. The highest BCUT2D eigenvalue weighted by Gasteiger charge is 2.31. The average Bonchev–Trinajstić information content (AvgIpc) is 2.64. The molecule has 2 amide bonds. The Hall–Kier alpha value is -3.55. The number of primary amides is 1. The lowest BCUT2D eigenvalue weighted by molar-refractivity contribution is 0.0983. The van der Waals surface area contributed by atoms with Crippen LogP contribution in [0.25, 0.3) is 0 Å². The van der Waals surface area contributed by atoms with Crippen molar-refractivity contribution in [3.8, 4) is 0 Å². The van der Waals surface area contributed by atoms with Gasteiger partial charge in [-0.3, -0.25) is 9.59 Å². The smallest absolute Gasteiger partial charge is 0.326 e. The van der Waals surface area contributed by atoms with E-state index in [4.69, 9.17) is 10.9 Å². The SMILES string of the molecule is NC(=O)NS(=O)(=O)c1ccc(NC2=CC(=O)c3c(cccc3S(N)(=O)=O)C2=O)cc1. The minimum Gasteiger partial charge on any atom is -0.352 e. The number of hydrogen-bond acceptors (Lipinski definition) is 8. The first-order chi connectivity index (χ1) is 13.9. The fourth-order valence-electron chi connectivity index (χ4n) is 2.78. The molecule has 0 spiro atoms. The molecule has 0 fully saturated rings. The Balaban J connectivity index is 1.91. The van der Waals surface area contributed by atoms with Crippen molar-refractivity contribution in [1.29, 1.82) is 0 Å². The summed E-state index contributed by atoms with van der Waals surface area (Å²) in [6, 6.07) is 7.36. The van der Waals surface area contributed by atoms with E-state index in [1.165, 1.54) is 24.3 Å². The minimum absolute atomic E-state index is 0.138. The number of sulfonamides is 2. The zero-order valence-corrected chi connectivity index (χ0v) is 16.6. The minimum atomic E-state index is -4.22. The van der Waals surface area contributed by atoms with Crippen LogP contribution < -0.4 is 20.9 Å². The number of primary sulfonamides is 1. The number of fused-ring (bicyclic) bond motifs is 1. The zero-order chi connectivity index (χ0) is 22.3. The van der Waals surface area contributed by atoms with Gasteiger partial charge in [-0.25, -0.2) is 31.5 Å². The lowest BCUT2D eigenvalue weighted by atomic mass is 9.92. The molecule has 0 unspecified atom stereocenters. The Labute approximate surface area is 170 Å². The van der Waals surface area contributed by atoms with Gasteiger partial charge in [-0.15, -0.1) is 0 Å². The Bertz CT molecular complexity index is 1330. The largest absolute Gasteiger partial charge is 0.352 e. The second-order valence-electron chi connectivity index (χ2n) is 6.09. The number of benzene rings is 2. The molecule has 2 aromatic carbocycles. The van der Waals surface area contributed by atoms with E-state index in [0.29, 0.717) is 0 Å². The van der Waals surface area contributed by atoms with Gasteiger partial charge in [0.2, 0.25) is 15.8 Å². The molecule has 30 heavy (non-hydrogen) atoms. The number of carbonyl (C=O) groups excluding carboxylic acids is 3. The van der Waals surface area contributed by atoms with Crippen molar-refractivity contribution in [2.24, 2.45) is 10.9 Å². The van der Waals surface area contributed by atoms with Gasteiger partial charge < -0.3 is 11.1 Å². The molecule has 0 heterocycles. The van der Waals surface area contributed by atoms with Crippen LogP contribution >= 0.6 is 0 Å². The number of allylic oxidation sites excluding steroid dienone is 2. The zero-order valence-electron chi connectivity index (χ0n) is 14.9. The predicted octanol–water partition coefficient (Wildman–Crippen LogP) is 0.0660. The first kappa shape index (κ1) is 21.2. The van der Waals surface area contributed by atoms with Crippen LogP contribution in [0.4, 0.5) is 10.5 Å². The van der Waals surface area contributed by atoms with E-state index in [1.807, 2.05) is 0 Å². The summed E-state index contributed by atoms with van der Waals surface area (Å²) in [6.07, 6.45) is 0.929. The number of ketones is 2. The number of amides is 2. The molecule has 0 aliphatic heterocycles. The summed E-state index contributed by atoms with van der Waals surface area (Å²) in [5, 5.41) is 7.80. The quantitative estimate of drug-likeness (QED) is 0.490. The number of rotatable bonds is 5. The molecule has 13 heteroatoms. The lowest BCUT2D eigenvalue weighted by Crippen LogP contribution is -2.34. The lowest BCUT2D eigenvalue weighted by Gasteiger charge is -2.18. The molecule has 0 bridgehead atoms. The van der Waals surface area contributed by atoms with E-state index in [-0.39, 0.29) is 27.4 Å². The fraction of sp³-hybridized carbons (Fsp3) is 0. The predicted molar refractivity (Wildman–Crippen MR) is 105 cm³/mol. The van der Waals surface area contributed by atoms with Gasteiger partial charge >= 0.3 is 6.03 Å². The third-order valence-corrected chi connectivity index (χ3v) is 6.34. The van der Waals surface area contributed by atoms with E-state index in [0.717, 1.165) is 24.3 Å². The Morgan fingerprint density at radius 2 is 1.57 bits per heavy atom. The van der Waals surface area contributed by atoms with Gasteiger partial charge in [0.25, 0.3) is 10.0 Å². The van der Waals surface area contributed by atoms with Gasteiger partial charge in [0.15, 0.2) is 5.78 Å². The van der Waals surface area contributed by atoms with E-state index in [2.05, 4.69) is 5.32 Å². The number of hydrogen-bond donors (Lipinski definition) is 4. The Morgan fingerprint density at radius 1 is 0.933 bits per heavy atom. The maximum Gasteiger partial charge on any atom is 0.326 e. The number of Topliss-reactive ketones (excluding diaryl/α,β-unsaturated/α-hetero) is 1. The highest BCUT2D eigenvalue weighted by Crippen LogP contribution is 2.27. The summed E-state index contributed by atoms with van der Waals surface area (Å²) in [6.45, 7) is 0. The van der Waals surface area contributed by atoms with Gasteiger partial charge in [0, 0.05) is 17.3 Å². The van der Waals surface area contributed by atoms with Crippen molar-refractivity contribution >= 4 is 43.3 Å². The molecule has 0 radical (unpaired) electrons. The Morgan fingerprint density at radius 3 is 2.13 bits per heavy atom. The highest BCUT2D eigenvalue weighted by molar-refractivity contribution is 7.90. The van der Waals surface area contributed by atoms with Crippen LogP contribution in [-0.4, -0.2) is 34.4 Å². The van der Waals surface area contributed by atoms with Crippen LogP contribution in [0.1, 0.15) is 20.7 Å². The monoisotopic (exact) mass is 450 g/mol. The summed E-state index contributed by atoms with van der Waals surface area (Å²) in [5.74, 6) is -1.39. The fourth-order valence-corrected chi connectivity index (χ4v) is 4.42. The summed E-state index contributed by atoms with van der Waals surface area (Å²) < 4.78 is 48.8. The van der Waals surface area contributed by atoms with Crippen LogP contribution in [0.3, 0.4) is 0 Å². The molecule has 11 nitrogen and oxygen atoms in total. The summed E-state index contributed by atoms with van der Waals surface area (Å²) in [4.78, 5) is 35.2. The van der Waals surface area contributed by atoms with Gasteiger partial charge in [0.05, 0.1) is 21.1 Å². The molecule has 3 rings (SSSR count). The van der Waals surface area contributed by atoms with Crippen molar-refractivity contribution in [2.75, 3.05) is 5.32 Å². The third kappa shape index (κ3) is 4.07. The third-order valence-electron chi connectivity index (χ3n) is 4.02. The van der Waals surface area contributed by atoms with Crippen LogP contribution in [0.2, 0.25) is 0 Å². The number of anilines is 1. The first-order valence-electron chi connectivity index (χ1n) is 8.06. The molecule has 0 saturated carbocycles. The summed E-state index contributed by atoms with van der Waals surface area (Å²) in [5.41, 5.74) is 4.47. The van der Waals surface area contributed by atoms with E-state index < -0.39 is 42.5 Å². The van der Waals surface area contributed by atoms with Crippen molar-refractivity contribution in [3.63, 3.8) is 0 Å². The van der Waals surface area contributed by atoms with Crippen molar-refractivity contribution < 1.29 is 31.2 Å². The van der Waals surface area contributed by atoms with Crippen LogP contribution in [0.5, 0.6) is 0 Å². The number of urea groups is 1. The standard InChI is InChI=1S/C17H14N4O7S2/c18-17(24)21-30(27,28)10-6-4-9(5-7-10)20-12-8-13(22)15-11(16(12)23)2-1-3-14(15)29(19,25)26/h1-8,20H,(H3,18,21,24)(H2,19,25,26). The average molecular weight is 450 g/mol. The van der Waals surface area contributed by atoms with Crippen molar-refractivity contribution in [2.45, 2.75) is 9.79 Å². The van der Waals surface area contributed by atoms with Gasteiger partial charge in [-0.2, -0.15) is 0 Å². The molecule has 0 atom stereocenters. The molecular weight excluding hydrogens is 436 g/mol. The molecule has 1 aliphatic rings. The van der Waals surface area contributed by atoms with Crippen LogP contribution in [0, 0.1) is 0 Å². The maximum absolute atomic E-state index is 12.7. The van der Waals surface area contributed by atoms with Gasteiger partial charge in [-0.05, 0) is 30.3 Å². The van der Waals surface area contributed by atoms with Gasteiger partial charge in [-0.1, -0.05) is 12.1 Å². The maximum atomic E-state index is 12.7.